The fraction of sp³-hybridized carbons (Fsp3) is 0.562. The largest absolute Gasteiger partial charge is 0.404 e. The molecule has 0 N–H and O–H groups in total. The van der Waals surface area contributed by atoms with Gasteiger partial charge in [0.1, 0.15) is 0 Å². The first kappa shape index (κ1) is 28.8. The fourth-order valence-electron chi connectivity index (χ4n) is 5.51. The molecular formula is C32H48O3Si. The quantitative estimate of drug-likeness (QED) is 0.253. The lowest BCUT2D eigenvalue weighted by molar-refractivity contribution is -0.149. The van der Waals surface area contributed by atoms with Gasteiger partial charge in [-0.3, -0.25) is 0 Å². The second-order valence-corrected chi connectivity index (χ2v) is 16.3. The van der Waals surface area contributed by atoms with E-state index in [4.69, 9.17) is 13.9 Å². The SMILES string of the molecule is CCCC1OC(C)(C)OC1[C@@H](C)/C=C\[C@H](C)[C@H](C)O[Si](c1ccccc1)(c1ccccc1)C(C)(C)C. The van der Waals surface area contributed by atoms with Crippen LogP contribution in [-0.4, -0.2) is 32.4 Å². The van der Waals surface area contributed by atoms with Crippen molar-refractivity contribution in [3.63, 3.8) is 0 Å². The summed E-state index contributed by atoms with van der Waals surface area (Å²) in [7, 11) is -2.58. The van der Waals surface area contributed by atoms with Gasteiger partial charge in [0.05, 0.1) is 12.2 Å². The molecule has 36 heavy (non-hydrogen) atoms. The zero-order valence-electron chi connectivity index (χ0n) is 24.0. The van der Waals surface area contributed by atoms with Crippen LogP contribution in [0, 0.1) is 11.8 Å². The molecule has 0 spiro atoms. The van der Waals surface area contributed by atoms with Crippen LogP contribution in [0.25, 0.3) is 0 Å². The van der Waals surface area contributed by atoms with Crippen molar-refractivity contribution >= 4 is 18.7 Å². The Balaban J connectivity index is 1.86. The van der Waals surface area contributed by atoms with Crippen molar-refractivity contribution in [3.05, 3.63) is 72.8 Å². The summed E-state index contributed by atoms with van der Waals surface area (Å²) >= 11 is 0. The molecule has 3 rings (SSSR count). The Morgan fingerprint density at radius 3 is 1.89 bits per heavy atom. The number of benzene rings is 2. The monoisotopic (exact) mass is 508 g/mol. The highest BCUT2D eigenvalue weighted by atomic mass is 28.4. The standard InChI is InChI=1S/C32H48O3Si/c1-10-17-29-30(34-32(8,9)33-29)25(3)23-22-24(2)26(4)35-36(31(5,6)7,27-18-13-11-14-19-27)28-20-15-12-16-21-28/h11-16,18-26,29-30H,10,17H2,1-9H3/b23-22-/t24-,25-,26-,29?,30?/m0/s1. The Labute approximate surface area is 221 Å². The molecule has 0 saturated carbocycles. The third-order valence-corrected chi connectivity index (χ3v) is 12.7. The second kappa shape index (κ2) is 11.8. The molecule has 198 valence electrons. The predicted molar refractivity (Wildman–Crippen MR) is 154 cm³/mol. The zero-order valence-corrected chi connectivity index (χ0v) is 25.0. The van der Waals surface area contributed by atoms with Crippen LogP contribution in [0.5, 0.6) is 0 Å². The molecular weight excluding hydrogens is 460 g/mol. The van der Waals surface area contributed by atoms with Crippen LogP contribution in [0.1, 0.15) is 75.2 Å². The summed E-state index contributed by atoms with van der Waals surface area (Å²) in [5.41, 5.74) is 0. The van der Waals surface area contributed by atoms with E-state index in [-0.39, 0.29) is 35.2 Å². The van der Waals surface area contributed by atoms with Gasteiger partial charge in [0.25, 0.3) is 8.32 Å². The maximum atomic E-state index is 7.32. The number of hydrogen-bond donors (Lipinski definition) is 0. The molecule has 2 unspecified atom stereocenters. The minimum Gasteiger partial charge on any atom is -0.404 e. The molecule has 4 heteroatoms. The molecule has 3 nitrogen and oxygen atoms in total. The van der Waals surface area contributed by atoms with Crippen LogP contribution < -0.4 is 10.4 Å². The highest BCUT2D eigenvalue weighted by Crippen LogP contribution is 2.39. The summed E-state index contributed by atoms with van der Waals surface area (Å²) < 4.78 is 19.8. The van der Waals surface area contributed by atoms with Crippen molar-refractivity contribution in [2.75, 3.05) is 0 Å². The van der Waals surface area contributed by atoms with Crippen molar-refractivity contribution in [3.8, 4) is 0 Å². The van der Waals surface area contributed by atoms with Gasteiger partial charge in [-0.05, 0) is 48.5 Å². The Bertz CT molecular complexity index is 924. The van der Waals surface area contributed by atoms with E-state index in [1.165, 1.54) is 10.4 Å². The Kier molecular flexibility index (Phi) is 9.43. The topological polar surface area (TPSA) is 27.7 Å². The van der Waals surface area contributed by atoms with E-state index in [0.717, 1.165) is 12.8 Å². The van der Waals surface area contributed by atoms with Gasteiger partial charge in [-0.15, -0.1) is 0 Å². The molecule has 0 aliphatic carbocycles. The molecule has 0 aromatic heterocycles. The van der Waals surface area contributed by atoms with E-state index in [2.05, 4.69) is 121 Å². The van der Waals surface area contributed by atoms with Crippen molar-refractivity contribution in [1.82, 2.24) is 0 Å². The maximum absolute atomic E-state index is 7.32. The first-order valence-corrected chi connectivity index (χ1v) is 15.6. The molecule has 1 heterocycles. The van der Waals surface area contributed by atoms with Crippen LogP contribution in [0.2, 0.25) is 5.04 Å². The molecule has 2 aromatic carbocycles. The fourth-order valence-corrected chi connectivity index (χ4v) is 10.3. The zero-order chi connectivity index (χ0) is 26.6. The summed E-state index contributed by atoms with van der Waals surface area (Å²) in [6.07, 6.45) is 7.04. The van der Waals surface area contributed by atoms with Crippen LogP contribution in [0.4, 0.5) is 0 Å². The minimum atomic E-state index is -2.58. The van der Waals surface area contributed by atoms with Gasteiger partial charge in [0.2, 0.25) is 0 Å². The Hall–Kier alpha value is -1.72. The van der Waals surface area contributed by atoms with Gasteiger partial charge in [0, 0.05) is 12.0 Å². The third-order valence-electron chi connectivity index (χ3n) is 7.55. The van der Waals surface area contributed by atoms with Crippen molar-refractivity contribution in [1.29, 1.82) is 0 Å². The minimum absolute atomic E-state index is 0.0331. The summed E-state index contributed by atoms with van der Waals surface area (Å²) in [6.45, 7) is 20.0. The van der Waals surface area contributed by atoms with Crippen molar-refractivity contribution in [2.45, 2.75) is 104 Å². The smallest absolute Gasteiger partial charge is 0.261 e. The summed E-state index contributed by atoms with van der Waals surface area (Å²) in [6, 6.07) is 21.8. The van der Waals surface area contributed by atoms with Gasteiger partial charge in [-0.25, -0.2) is 0 Å². The van der Waals surface area contributed by atoms with Crippen LogP contribution >= 0.6 is 0 Å². The maximum Gasteiger partial charge on any atom is 0.261 e. The Morgan fingerprint density at radius 2 is 1.42 bits per heavy atom. The molecule has 0 radical (unpaired) electrons. The third kappa shape index (κ3) is 6.39. The lowest BCUT2D eigenvalue weighted by Gasteiger charge is -2.45. The molecule has 2 aromatic rings. The van der Waals surface area contributed by atoms with E-state index in [0.29, 0.717) is 0 Å². The first-order valence-electron chi connectivity index (χ1n) is 13.7. The van der Waals surface area contributed by atoms with Gasteiger partial charge >= 0.3 is 0 Å². The molecule has 1 fully saturated rings. The molecule has 1 aliphatic rings. The van der Waals surface area contributed by atoms with Crippen molar-refractivity contribution in [2.24, 2.45) is 11.8 Å². The van der Waals surface area contributed by atoms with Crippen LogP contribution in [0.3, 0.4) is 0 Å². The summed E-state index contributed by atoms with van der Waals surface area (Å²) in [5, 5.41) is 2.61. The molecule has 1 saturated heterocycles. The second-order valence-electron chi connectivity index (χ2n) is 12.0. The number of ether oxygens (including phenoxy) is 2. The summed E-state index contributed by atoms with van der Waals surface area (Å²) in [5.74, 6) is 0.0117. The number of rotatable bonds is 10. The first-order chi connectivity index (χ1) is 16.9. The molecule has 0 amide bonds. The van der Waals surface area contributed by atoms with Crippen molar-refractivity contribution < 1.29 is 13.9 Å². The van der Waals surface area contributed by atoms with Gasteiger partial charge < -0.3 is 13.9 Å². The van der Waals surface area contributed by atoms with E-state index in [9.17, 15) is 0 Å². The highest BCUT2D eigenvalue weighted by molar-refractivity contribution is 6.99. The normalized spacial score (nSPS) is 23.0. The van der Waals surface area contributed by atoms with E-state index >= 15 is 0 Å². The number of hydrogen-bond acceptors (Lipinski definition) is 3. The summed E-state index contributed by atoms with van der Waals surface area (Å²) in [4.78, 5) is 0. The molecule has 1 aliphatic heterocycles. The van der Waals surface area contributed by atoms with Crippen LogP contribution in [0.15, 0.2) is 72.8 Å². The lowest BCUT2D eigenvalue weighted by Crippen LogP contribution is -2.67. The highest BCUT2D eigenvalue weighted by Gasteiger charge is 2.51. The lowest BCUT2D eigenvalue weighted by atomic mass is 9.94. The molecule has 0 bridgehead atoms. The van der Waals surface area contributed by atoms with E-state index in [1.807, 2.05) is 13.8 Å². The average Bonchev–Trinajstić information content (AvgIpc) is 3.15. The van der Waals surface area contributed by atoms with Gasteiger partial charge in [-0.2, -0.15) is 0 Å². The van der Waals surface area contributed by atoms with E-state index in [1.54, 1.807) is 0 Å². The molecule has 5 atom stereocenters. The van der Waals surface area contributed by atoms with E-state index < -0.39 is 14.1 Å². The average molecular weight is 509 g/mol. The van der Waals surface area contributed by atoms with Gasteiger partial charge in [-0.1, -0.05) is 121 Å². The van der Waals surface area contributed by atoms with Gasteiger partial charge in [0.15, 0.2) is 5.79 Å². The predicted octanol–water partition coefficient (Wildman–Crippen LogP) is 7.10. The Morgan fingerprint density at radius 1 is 0.889 bits per heavy atom. The van der Waals surface area contributed by atoms with Crippen LogP contribution in [-0.2, 0) is 13.9 Å².